The van der Waals surface area contributed by atoms with Crippen LogP contribution in [0.25, 0.3) is 0 Å². The zero-order valence-electron chi connectivity index (χ0n) is 15.3. The highest BCUT2D eigenvalue weighted by Crippen LogP contribution is 2.27. The summed E-state index contributed by atoms with van der Waals surface area (Å²) in [4.78, 5) is 0.307. The molecule has 1 aliphatic rings. The maximum absolute atomic E-state index is 13.0. The molecule has 0 radical (unpaired) electrons. The molecule has 0 aliphatic carbocycles. The van der Waals surface area contributed by atoms with E-state index in [-0.39, 0.29) is 6.10 Å². The summed E-state index contributed by atoms with van der Waals surface area (Å²) >= 11 is 0. The van der Waals surface area contributed by atoms with Gasteiger partial charge in [-0.1, -0.05) is 12.1 Å². The Hall–Kier alpha value is -1.93. The number of nitrogens with zero attached hydrogens (tertiary/aromatic N) is 3. The Bertz CT molecular complexity index is 870. The average molecular weight is 381 g/mol. The van der Waals surface area contributed by atoms with Crippen molar-refractivity contribution in [3.8, 4) is 5.75 Å². The van der Waals surface area contributed by atoms with Gasteiger partial charge in [0.1, 0.15) is 23.4 Å². The second-order valence-corrected chi connectivity index (χ2v) is 8.50. The zero-order chi connectivity index (χ0) is 18.9. The maximum Gasteiger partial charge on any atom is 0.246 e. The smallest absolute Gasteiger partial charge is 0.246 e. The summed E-state index contributed by atoms with van der Waals surface area (Å²) in [6, 6.07) is 6.90. The minimum atomic E-state index is -3.56. The van der Waals surface area contributed by atoms with Crippen LogP contribution < -0.4 is 4.74 Å². The second-order valence-electron chi connectivity index (χ2n) is 6.62. The largest absolute Gasteiger partial charge is 0.490 e. The monoisotopic (exact) mass is 381 g/mol. The summed E-state index contributed by atoms with van der Waals surface area (Å²) in [7, 11) is -1.81. The molecule has 0 atom stereocenters. The van der Waals surface area contributed by atoms with Crippen LogP contribution in [-0.4, -0.2) is 41.7 Å². The van der Waals surface area contributed by atoms with Crippen molar-refractivity contribution in [2.24, 2.45) is 7.05 Å². The van der Waals surface area contributed by atoms with Gasteiger partial charge in [0.25, 0.3) is 0 Å². The number of hydrogen-bond acceptors (Lipinski definition) is 4. The van der Waals surface area contributed by atoms with E-state index >= 15 is 0 Å². The first-order valence-electron chi connectivity index (χ1n) is 8.65. The van der Waals surface area contributed by atoms with E-state index in [9.17, 15) is 12.8 Å². The number of aryl methyl sites for hydroxylation is 2. The van der Waals surface area contributed by atoms with E-state index in [4.69, 9.17) is 4.74 Å². The van der Waals surface area contributed by atoms with Crippen molar-refractivity contribution >= 4 is 10.0 Å². The number of hydrogen-bond donors (Lipinski definition) is 0. The quantitative estimate of drug-likeness (QED) is 0.799. The molecule has 1 fully saturated rings. The van der Waals surface area contributed by atoms with Gasteiger partial charge in [-0.2, -0.15) is 9.40 Å². The topological polar surface area (TPSA) is 64.4 Å². The van der Waals surface area contributed by atoms with Crippen molar-refractivity contribution in [3.63, 3.8) is 0 Å². The molecule has 1 saturated heterocycles. The van der Waals surface area contributed by atoms with E-state index in [2.05, 4.69) is 5.10 Å². The van der Waals surface area contributed by atoms with Crippen LogP contribution in [0.1, 0.15) is 29.8 Å². The fraction of sp³-hybridized carbons (Fsp3) is 0.500. The van der Waals surface area contributed by atoms with E-state index in [0.717, 1.165) is 0 Å². The Morgan fingerprint density at radius 1 is 1.19 bits per heavy atom. The Balaban J connectivity index is 1.65. The highest BCUT2D eigenvalue weighted by molar-refractivity contribution is 7.89. The molecule has 1 aromatic heterocycles. The van der Waals surface area contributed by atoms with Gasteiger partial charge in [-0.3, -0.25) is 4.68 Å². The van der Waals surface area contributed by atoms with Crippen molar-refractivity contribution < 1.29 is 17.5 Å². The molecule has 0 saturated carbocycles. The summed E-state index contributed by atoms with van der Waals surface area (Å²) in [6.07, 6.45) is 1.18. The highest BCUT2D eigenvalue weighted by atomic mass is 32.2. The molecule has 1 aromatic carbocycles. The number of piperidine rings is 1. The SMILES string of the molecule is Cc1nn(C)c(C)c1S(=O)(=O)N1CCC(Oc2ccc(CF)cc2)CC1. The molecule has 3 rings (SSSR count). The minimum absolute atomic E-state index is 0.0474. The van der Waals surface area contributed by atoms with E-state index in [1.54, 1.807) is 49.8 Å². The lowest BCUT2D eigenvalue weighted by Gasteiger charge is -2.31. The molecule has 26 heavy (non-hydrogen) atoms. The fourth-order valence-electron chi connectivity index (χ4n) is 3.30. The van der Waals surface area contributed by atoms with Gasteiger partial charge in [-0.25, -0.2) is 12.8 Å². The first kappa shape index (κ1) is 18.8. The van der Waals surface area contributed by atoms with Crippen molar-refractivity contribution in [3.05, 3.63) is 41.2 Å². The molecule has 2 aromatic rings. The standard InChI is InChI=1S/C18H24FN3O3S/c1-13-18(14(2)21(3)20-13)26(23,24)22-10-8-17(9-11-22)25-16-6-4-15(12-19)5-7-16/h4-7,17H,8-12H2,1-3H3. The molecule has 2 heterocycles. The van der Waals surface area contributed by atoms with Crippen LogP contribution in [-0.2, 0) is 23.7 Å². The predicted octanol–water partition coefficient (Wildman–Crippen LogP) is 2.74. The fourth-order valence-corrected chi connectivity index (χ4v) is 5.17. The average Bonchev–Trinajstić information content (AvgIpc) is 2.88. The molecule has 1 aliphatic heterocycles. The van der Waals surface area contributed by atoms with Gasteiger partial charge < -0.3 is 4.74 Å². The molecule has 142 valence electrons. The van der Waals surface area contributed by atoms with Gasteiger partial charge in [0.15, 0.2) is 0 Å². The van der Waals surface area contributed by atoms with E-state index < -0.39 is 16.7 Å². The zero-order valence-corrected chi connectivity index (χ0v) is 16.1. The molecule has 8 heteroatoms. The van der Waals surface area contributed by atoms with Crippen LogP contribution in [0.5, 0.6) is 5.75 Å². The van der Waals surface area contributed by atoms with Crippen LogP contribution in [0.4, 0.5) is 4.39 Å². The number of rotatable bonds is 5. The maximum atomic E-state index is 13.0. The molecule has 6 nitrogen and oxygen atoms in total. The summed E-state index contributed by atoms with van der Waals surface area (Å²) in [5, 5.41) is 4.22. The van der Waals surface area contributed by atoms with Crippen molar-refractivity contribution in [2.75, 3.05) is 13.1 Å². The lowest BCUT2D eigenvalue weighted by molar-refractivity contribution is 0.135. The number of sulfonamides is 1. The molecule has 0 spiro atoms. The Kier molecular flexibility index (Phi) is 5.34. The van der Waals surface area contributed by atoms with Gasteiger partial charge in [-0.05, 0) is 44.4 Å². The number of ether oxygens (including phenoxy) is 1. The summed E-state index contributed by atoms with van der Waals surface area (Å²) < 4.78 is 47.5. The Morgan fingerprint density at radius 3 is 2.31 bits per heavy atom. The van der Waals surface area contributed by atoms with Gasteiger partial charge in [0, 0.05) is 20.1 Å². The molecule has 0 unspecified atom stereocenters. The summed E-state index contributed by atoms with van der Waals surface area (Å²) in [5.74, 6) is 0.683. The minimum Gasteiger partial charge on any atom is -0.490 e. The van der Waals surface area contributed by atoms with Crippen molar-refractivity contribution in [1.82, 2.24) is 14.1 Å². The van der Waals surface area contributed by atoms with Gasteiger partial charge in [0.2, 0.25) is 10.0 Å². The lowest BCUT2D eigenvalue weighted by Crippen LogP contribution is -2.42. The van der Waals surface area contributed by atoms with Crippen LogP contribution in [0, 0.1) is 13.8 Å². The van der Waals surface area contributed by atoms with Crippen molar-refractivity contribution in [1.29, 1.82) is 0 Å². The van der Waals surface area contributed by atoms with E-state index in [1.807, 2.05) is 0 Å². The van der Waals surface area contributed by atoms with Crippen LogP contribution in [0.2, 0.25) is 0 Å². The van der Waals surface area contributed by atoms with Crippen LogP contribution in [0.15, 0.2) is 29.2 Å². The van der Waals surface area contributed by atoms with Crippen molar-refractivity contribution in [2.45, 2.75) is 44.4 Å². The molecular formula is C18H24FN3O3S. The number of halogens is 1. The third-order valence-electron chi connectivity index (χ3n) is 4.82. The normalized spacial score (nSPS) is 16.8. The van der Waals surface area contributed by atoms with E-state index in [1.165, 1.54) is 4.31 Å². The third-order valence-corrected chi connectivity index (χ3v) is 6.97. The van der Waals surface area contributed by atoms with Gasteiger partial charge >= 0.3 is 0 Å². The predicted molar refractivity (Wildman–Crippen MR) is 96.3 cm³/mol. The molecule has 0 amide bonds. The number of benzene rings is 1. The third kappa shape index (κ3) is 3.61. The molecular weight excluding hydrogens is 357 g/mol. The number of alkyl halides is 1. The number of aromatic nitrogens is 2. The van der Waals surface area contributed by atoms with Crippen LogP contribution in [0.3, 0.4) is 0 Å². The summed E-state index contributed by atoms with van der Waals surface area (Å²) in [6.45, 7) is 3.80. The Labute approximate surface area is 153 Å². The van der Waals surface area contributed by atoms with Gasteiger partial charge in [0.05, 0.1) is 11.4 Å². The molecule has 0 N–H and O–H groups in total. The van der Waals surface area contributed by atoms with Crippen LogP contribution >= 0.6 is 0 Å². The first-order valence-corrected chi connectivity index (χ1v) is 10.1. The molecule has 0 bridgehead atoms. The lowest BCUT2D eigenvalue weighted by atomic mass is 10.1. The Morgan fingerprint density at radius 2 is 1.81 bits per heavy atom. The van der Waals surface area contributed by atoms with Gasteiger partial charge in [-0.15, -0.1) is 0 Å². The first-order chi connectivity index (χ1) is 12.3. The second kappa shape index (κ2) is 7.36. The van der Waals surface area contributed by atoms with E-state index in [0.29, 0.717) is 53.5 Å². The summed E-state index contributed by atoms with van der Waals surface area (Å²) in [5.41, 5.74) is 1.78. The highest BCUT2D eigenvalue weighted by Gasteiger charge is 2.33.